The number of fused-ring (bicyclic) bond motifs is 1. The van der Waals surface area contributed by atoms with E-state index < -0.39 is 30.4 Å². The molecule has 0 saturated heterocycles. The van der Waals surface area contributed by atoms with Gasteiger partial charge in [0.25, 0.3) is 0 Å². The summed E-state index contributed by atoms with van der Waals surface area (Å²) >= 11 is 6.32. The van der Waals surface area contributed by atoms with Gasteiger partial charge in [-0.1, -0.05) is 23.7 Å². The highest BCUT2D eigenvalue weighted by molar-refractivity contribution is 6.31. The summed E-state index contributed by atoms with van der Waals surface area (Å²) in [6.45, 7) is 1.79. The molecule has 6 nitrogen and oxygen atoms in total. The number of ether oxygens (including phenoxy) is 2. The fourth-order valence-corrected chi connectivity index (χ4v) is 3.96. The number of nitrogens with zero attached hydrogens (tertiary/aromatic N) is 1. The lowest BCUT2D eigenvalue weighted by Crippen LogP contribution is -2.46. The Morgan fingerprint density at radius 3 is 2.71 bits per heavy atom. The molecule has 1 heterocycles. The molecule has 11 heteroatoms. The van der Waals surface area contributed by atoms with Crippen LogP contribution in [0.5, 0.6) is 5.75 Å². The number of aryl methyl sites for hydroxylation is 1. The molecule has 2 aromatic carbocycles. The van der Waals surface area contributed by atoms with Crippen LogP contribution < -0.4 is 15.4 Å². The number of hydrogen-bond donors (Lipinski definition) is 2. The van der Waals surface area contributed by atoms with E-state index >= 15 is 0 Å². The third kappa shape index (κ3) is 6.58. The molecule has 2 N–H and O–H groups in total. The molecule has 1 aromatic heterocycles. The van der Waals surface area contributed by atoms with E-state index in [0.29, 0.717) is 16.8 Å². The molecule has 184 valence electrons. The van der Waals surface area contributed by atoms with Crippen LogP contribution in [0.15, 0.2) is 36.4 Å². The number of rotatable bonds is 10. The highest BCUT2D eigenvalue weighted by atomic mass is 35.5. The Balaban J connectivity index is 1.93. The SMILES string of the molecule is [B][C@@](C)(NC(=O)COC(F)F)c1cc(F)cc(Cl)c1COc1cccc2c(NCC)cc(C)nc12. The largest absolute Gasteiger partial charge is 0.487 e. The van der Waals surface area contributed by atoms with Gasteiger partial charge in [0.1, 0.15) is 38.1 Å². The second-order valence-electron chi connectivity index (χ2n) is 8.02. The fourth-order valence-electron chi connectivity index (χ4n) is 3.70. The zero-order valence-corrected chi connectivity index (χ0v) is 20.2. The first-order valence-corrected chi connectivity index (χ1v) is 11.1. The van der Waals surface area contributed by atoms with Crippen molar-refractivity contribution in [1.29, 1.82) is 0 Å². The molecule has 0 fully saturated rings. The maximum absolute atomic E-state index is 14.2. The van der Waals surface area contributed by atoms with E-state index in [1.807, 2.05) is 32.0 Å². The lowest BCUT2D eigenvalue weighted by Gasteiger charge is -2.30. The topological polar surface area (TPSA) is 72.5 Å². The molecule has 2 radical (unpaired) electrons. The fraction of sp³-hybridized carbons (Fsp3) is 0.333. The van der Waals surface area contributed by atoms with Crippen LogP contribution in [0.4, 0.5) is 18.9 Å². The third-order valence-electron chi connectivity index (χ3n) is 5.13. The number of pyridine rings is 1. The van der Waals surface area contributed by atoms with Gasteiger partial charge in [0.05, 0.1) is 5.02 Å². The van der Waals surface area contributed by atoms with Gasteiger partial charge in [-0.2, -0.15) is 8.78 Å². The van der Waals surface area contributed by atoms with Crippen LogP contribution in [0.1, 0.15) is 30.7 Å². The smallest absolute Gasteiger partial charge is 0.345 e. The molecule has 0 aliphatic heterocycles. The minimum absolute atomic E-state index is 0.0208. The van der Waals surface area contributed by atoms with Gasteiger partial charge in [-0.05, 0) is 50.6 Å². The van der Waals surface area contributed by atoms with Crippen LogP contribution in [0.3, 0.4) is 0 Å². The van der Waals surface area contributed by atoms with Crippen LogP contribution in [0, 0.1) is 12.7 Å². The number of amides is 1. The summed E-state index contributed by atoms with van der Waals surface area (Å²) in [5, 5.41) is 6.54. The van der Waals surface area contributed by atoms with Gasteiger partial charge in [-0.15, -0.1) is 0 Å². The molecule has 0 aliphatic rings. The van der Waals surface area contributed by atoms with E-state index in [9.17, 15) is 18.0 Å². The minimum Gasteiger partial charge on any atom is -0.487 e. The molecule has 0 unspecified atom stereocenters. The Morgan fingerprint density at radius 2 is 2.03 bits per heavy atom. The summed E-state index contributed by atoms with van der Waals surface area (Å²) in [5.74, 6) is -1.14. The van der Waals surface area contributed by atoms with E-state index in [1.165, 1.54) is 6.92 Å². The van der Waals surface area contributed by atoms with E-state index in [2.05, 4.69) is 20.4 Å². The van der Waals surface area contributed by atoms with Crippen molar-refractivity contribution in [3.63, 3.8) is 0 Å². The minimum atomic E-state index is -3.12. The van der Waals surface area contributed by atoms with E-state index in [4.69, 9.17) is 24.2 Å². The monoisotopic (exact) mass is 505 g/mol. The van der Waals surface area contributed by atoms with Gasteiger partial charge >= 0.3 is 6.61 Å². The summed E-state index contributed by atoms with van der Waals surface area (Å²) in [6.07, 6.45) is 0. The molecule has 0 bridgehead atoms. The Bertz CT molecular complexity index is 1230. The number of hydrogen-bond acceptors (Lipinski definition) is 5. The Hall–Kier alpha value is -2.98. The normalized spacial score (nSPS) is 13.0. The summed E-state index contributed by atoms with van der Waals surface area (Å²) < 4.78 is 48.8. The summed E-state index contributed by atoms with van der Waals surface area (Å²) in [6, 6.07) is 9.61. The van der Waals surface area contributed by atoms with Gasteiger partial charge < -0.3 is 20.1 Å². The predicted molar refractivity (Wildman–Crippen MR) is 130 cm³/mol. The number of alkyl halides is 2. The summed E-state index contributed by atoms with van der Waals surface area (Å²) in [7, 11) is 6.24. The Kier molecular flexibility index (Phi) is 8.50. The highest BCUT2D eigenvalue weighted by Gasteiger charge is 2.28. The standard InChI is InChI=1S/C24H24BClF3N3O3/c1-4-30-19-8-13(2)31-22-15(19)6-5-7-20(22)34-11-16-17(9-14(27)10-18(16)26)24(3,25)32-21(33)12-35-23(28)29/h5-10,23H,4,11-12H2,1-3H3,(H,30,31)(H,32,33)/t24-/m0/s1. The van der Waals surface area contributed by atoms with Crippen molar-refractivity contribution in [3.8, 4) is 5.75 Å². The number of halogens is 4. The molecule has 1 amide bonds. The lowest BCUT2D eigenvalue weighted by atomic mass is 9.72. The van der Waals surface area contributed by atoms with E-state index in [1.54, 1.807) is 6.07 Å². The summed E-state index contributed by atoms with van der Waals surface area (Å²) in [4.78, 5) is 16.6. The molecule has 0 spiro atoms. The predicted octanol–water partition coefficient (Wildman–Crippen LogP) is 5.04. The van der Waals surface area contributed by atoms with Crippen molar-refractivity contribution in [2.45, 2.75) is 39.4 Å². The highest BCUT2D eigenvalue weighted by Crippen LogP contribution is 2.33. The molecule has 35 heavy (non-hydrogen) atoms. The molecule has 0 aliphatic carbocycles. The Morgan fingerprint density at radius 1 is 1.29 bits per heavy atom. The van der Waals surface area contributed by atoms with Crippen molar-refractivity contribution in [2.75, 3.05) is 18.5 Å². The second kappa shape index (κ2) is 11.2. The molecular weight excluding hydrogens is 482 g/mol. The van der Waals surface area contributed by atoms with Crippen molar-refractivity contribution in [2.24, 2.45) is 0 Å². The number of benzene rings is 2. The molecule has 0 saturated carbocycles. The maximum Gasteiger partial charge on any atom is 0.345 e. The van der Waals surface area contributed by atoms with E-state index in [0.717, 1.165) is 35.4 Å². The number of para-hydroxylation sites is 1. The first kappa shape index (κ1) is 26.6. The first-order chi connectivity index (χ1) is 16.5. The van der Waals surface area contributed by atoms with Gasteiger partial charge in [-0.25, -0.2) is 9.37 Å². The molecule has 3 aromatic rings. The average Bonchev–Trinajstić information content (AvgIpc) is 2.76. The number of nitrogens with one attached hydrogen (secondary N) is 2. The molecular formula is C24H24BClF3N3O3. The summed E-state index contributed by atoms with van der Waals surface area (Å²) in [5.41, 5.74) is 1.07. The average molecular weight is 506 g/mol. The zero-order valence-electron chi connectivity index (χ0n) is 19.4. The number of carbonyl (C=O) groups is 1. The Labute approximate surface area is 207 Å². The second-order valence-corrected chi connectivity index (χ2v) is 8.43. The molecule has 1 atom stereocenters. The first-order valence-electron chi connectivity index (χ1n) is 10.8. The lowest BCUT2D eigenvalue weighted by molar-refractivity contribution is -0.152. The van der Waals surface area contributed by atoms with Crippen molar-refractivity contribution in [3.05, 3.63) is 64.1 Å². The van der Waals surface area contributed by atoms with Crippen LogP contribution in [-0.2, 0) is 21.6 Å². The maximum atomic E-state index is 14.2. The van der Waals surface area contributed by atoms with E-state index in [-0.39, 0.29) is 17.2 Å². The van der Waals surface area contributed by atoms with Crippen LogP contribution in [0.2, 0.25) is 5.02 Å². The molecule has 3 rings (SSSR count). The number of anilines is 1. The van der Waals surface area contributed by atoms with Gasteiger partial charge in [0, 0.05) is 34.3 Å². The van der Waals surface area contributed by atoms with Crippen LogP contribution in [-0.4, -0.2) is 38.5 Å². The van der Waals surface area contributed by atoms with Crippen molar-refractivity contribution in [1.82, 2.24) is 10.3 Å². The van der Waals surface area contributed by atoms with Crippen molar-refractivity contribution < 1.29 is 27.4 Å². The van der Waals surface area contributed by atoms with Crippen LogP contribution in [0.25, 0.3) is 10.9 Å². The van der Waals surface area contributed by atoms with Crippen LogP contribution >= 0.6 is 11.6 Å². The van der Waals surface area contributed by atoms with Gasteiger partial charge in [0.15, 0.2) is 0 Å². The number of aromatic nitrogens is 1. The van der Waals surface area contributed by atoms with Gasteiger partial charge in [0.2, 0.25) is 5.91 Å². The quantitative estimate of drug-likeness (QED) is 0.378. The zero-order chi connectivity index (χ0) is 25.8. The number of carbonyl (C=O) groups excluding carboxylic acids is 1. The van der Waals surface area contributed by atoms with Crippen molar-refractivity contribution >= 4 is 41.9 Å². The third-order valence-corrected chi connectivity index (χ3v) is 5.47. The van der Waals surface area contributed by atoms with Gasteiger partial charge in [-0.3, -0.25) is 4.79 Å².